The third kappa shape index (κ3) is 5.80. The molecule has 0 spiro atoms. The molecule has 1 N–H and O–H groups in total. The maximum atomic E-state index is 12.1. The topological polar surface area (TPSA) is 64.6 Å². The molecule has 6 heteroatoms. The van der Waals surface area contributed by atoms with Crippen LogP contribution in [0.4, 0.5) is 5.69 Å². The summed E-state index contributed by atoms with van der Waals surface area (Å²) in [4.78, 5) is 24.1. The summed E-state index contributed by atoms with van der Waals surface area (Å²) in [5.74, 6) is -0.196. The highest BCUT2D eigenvalue weighted by Gasteiger charge is 2.18. The van der Waals surface area contributed by atoms with Crippen molar-refractivity contribution in [3.63, 3.8) is 0 Å². The molecule has 2 aromatic rings. The number of ether oxygens (including phenoxy) is 2. The number of amides is 1. The van der Waals surface area contributed by atoms with Crippen LogP contribution in [-0.2, 0) is 20.7 Å². The summed E-state index contributed by atoms with van der Waals surface area (Å²) < 4.78 is 10.5. The van der Waals surface area contributed by atoms with Crippen LogP contribution in [0.15, 0.2) is 48.5 Å². The van der Waals surface area contributed by atoms with E-state index >= 15 is 0 Å². The predicted octanol–water partition coefficient (Wildman–Crippen LogP) is 3.85. The molecule has 2 aromatic carbocycles. The lowest BCUT2D eigenvalue weighted by molar-refractivity contribution is -0.152. The molecule has 0 aliphatic carbocycles. The first kappa shape index (κ1) is 18.8. The third-order valence-electron chi connectivity index (χ3n) is 3.40. The second-order valence-corrected chi connectivity index (χ2v) is 5.75. The number of halogens is 1. The Bertz CT molecular complexity index is 730. The van der Waals surface area contributed by atoms with E-state index in [0.717, 1.165) is 5.75 Å². The van der Waals surface area contributed by atoms with Crippen molar-refractivity contribution >= 4 is 29.2 Å². The number of nitrogens with one attached hydrogen (secondary N) is 1. The van der Waals surface area contributed by atoms with Gasteiger partial charge < -0.3 is 14.8 Å². The quantitative estimate of drug-likeness (QED) is 0.761. The van der Waals surface area contributed by atoms with Gasteiger partial charge in [-0.1, -0.05) is 29.8 Å². The Kier molecular flexibility index (Phi) is 6.83. The molecule has 0 heterocycles. The van der Waals surface area contributed by atoms with Gasteiger partial charge in [0.25, 0.3) is 5.91 Å². The largest absolute Gasteiger partial charge is 0.494 e. The molecule has 0 saturated carbocycles. The first-order valence-corrected chi connectivity index (χ1v) is 8.34. The highest BCUT2D eigenvalue weighted by Crippen LogP contribution is 2.17. The summed E-state index contributed by atoms with van der Waals surface area (Å²) in [7, 11) is 0. The molecule has 0 aliphatic rings. The van der Waals surface area contributed by atoms with Crippen LogP contribution in [0.3, 0.4) is 0 Å². The smallest absolute Gasteiger partial charge is 0.311 e. The van der Waals surface area contributed by atoms with E-state index in [1.807, 2.05) is 6.92 Å². The van der Waals surface area contributed by atoms with E-state index in [1.165, 1.54) is 6.92 Å². The van der Waals surface area contributed by atoms with Gasteiger partial charge in [0.15, 0.2) is 6.10 Å². The third-order valence-corrected chi connectivity index (χ3v) is 3.77. The number of benzene rings is 2. The van der Waals surface area contributed by atoms with E-state index < -0.39 is 18.0 Å². The van der Waals surface area contributed by atoms with E-state index in [9.17, 15) is 9.59 Å². The van der Waals surface area contributed by atoms with Crippen molar-refractivity contribution in [1.82, 2.24) is 0 Å². The molecule has 25 heavy (non-hydrogen) atoms. The number of anilines is 1. The Balaban J connectivity index is 1.87. The predicted molar refractivity (Wildman–Crippen MR) is 97.0 cm³/mol. The zero-order chi connectivity index (χ0) is 18.2. The van der Waals surface area contributed by atoms with Crippen molar-refractivity contribution in [3.05, 3.63) is 59.1 Å². The lowest BCUT2D eigenvalue weighted by atomic mass is 10.1. The normalized spacial score (nSPS) is 11.5. The van der Waals surface area contributed by atoms with Gasteiger partial charge in [-0.2, -0.15) is 0 Å². The van der Waals surface area contributed by atoms with E-state index in [4.69, 9.17) is 21.1 Å². The van der Waals surface area contributed by atoms with Crippen LogP contribution >= 0.6 is 11.6 Å². The number of rotatable bonds is 7. The van der Waals surface area contributed by atoms with E-state index in [2.05, 4.69) is 5.32 Å². The second kappa shape index (κ2) is 9.08. The van der Waals surface area contributed by atoms with Crippen LogP contribution in [-0.4, -0.2) is 24.6 Å². The molecule has 0 fully saturated rings. The van der Waals surface area contributed by atoms with Gasteiger partial charge in [0.1, 0.15) is 5.75 Å². The zero-order valence-electron chi connectivity index (χ0n) is 14.1. The molecule has 5 nitrogen and oxygen atoms in total. The maximum Gasteiger partial charge on any atom is 0.311 e. The Morgan fingerprint density at radius 3 is 2.44 bits per heavy atom. The van der Waals surface area contributed by atoms with Crippen LogP contribution in [0.1, 0.15) is 19.4 Å². The fourth-order valence-corrected chi connectivity index (χ4v) is 2.34. The number of esters is 1. The zero-order valence-corrected chi connectivity index (χ0v) is 14.9. The Morgan fingerprint density at radius 2 is 1.80 bits per heavy atom. The minimum absolute atomic E-state index is 0.0142. The molecule has 0 bridgehead atoms. The van der Waals surface area contributed by atoms with E-state index in [-0.39, 0.29) is 6.42 Å². The van der Waals surface area contributed by atoms with Crippen molar-refractivity contribution in [1.29, 1.82) is 0 Å². The van der Waals surface area contributed by atoms with Crippen molar-refractivity contribution in [3.8, 4) is 5.75 Å². The van der Waals surface area contributed by atoms with Gasteiger partial charge in [0, 0.05) is 10.7 Å². The molecular weight excluding hydrogens is 342 g/mol. The van der Waals surface area contributed by atoms with Gasteiger partial charge in [0.05, 0.1) is 13.0 Å². The number of hydrogen-bond donors (Lipinski definition) is 1. The summed E-state index contributed by atoms with van der Waals surface area (Å²) >= 11 is 6.01. The van der Waals surface area contributed by atoms with Gasteiger partial charge >= 0.3 is 5.97 Å². The van der Waals surface area contributed by atoms with Crippen LogP contribution < -0.4 is 10.1 Å². The van der Waals surface area contributed by atoms with Crippen molar-refractivity contribution in [2.24, 2.45) is 0 Å². The van der Waals surface area contributed by atoms with Crippen LogP contribution in [0, 0.1) is 0 Å². The highest BCUT2D eigenvalue weighted by molar-refractivity contribution is 6.31. The summed E-state index contributed by atoms with van der Waals surface area (Å²) in [6.45, 7) is 3.99. The Morgan fingerprint density at radius 1 is 1.12 bits per heavy atom. The molecule has 132 valence electrons. The molecule has 0 aromatic heterocycles. The lowest BCUT2D eigenvalue weighted by Crippen LogP contribution is -2.30. The first-order valence-electron chi connectivity index (χ1n) is 7.96. The molecule has 1 atom stereocenters. The standard InChI is InChI=1S/C19H20ClNO4/c1-3-24-16-10-8-15(9-11-16)21-19(23)13(2)25-18(22)12-14-6-4-5-7-17(14)20/h4-11,13H,3,12H2,1-2H3,(H,21,23)/t13-/m0/s1. The monoisotopic (exact) mass is 361 g/mol. The van der Waals surface area contributed by atoms with Crippen molar-refractivity contribution in [2.45, 2.75) is 26.4 Å². The fraction of sp³-hybridized carbons (Fsp3) is 0.263. The van der Waals surface area contributed by atoms with Crippen LogP contribution in [0.25, 0.3) is 0 Å². The molecular formula is C19H20ClNO4. The van der Waals surface area contributed by atoms with Crippen LogP contribution in [0.5, 0.6) is 5.75 Å². The maximum absolute atomic E-state index is 12.1. The van der Waals surface area contributed by atoms with E-state index in [1.54, 1.807) is 48.5 Å². The Hall–Kier alpha value is -2.53. The number of hydrogen-bond acceptors (Lipinski definition) is 4. The SMILES string of the molecule is CCOc1ccc(NC(=O)[C@H](C)OC(=O)Cc2ccccc2Cl)cc1. The summed E-state index contributed by atoms with van der Waals surface area (Å²) in [6.07, 6.45) is -0.901. The molecule has 2 rings (SSSR count). The first-order chi connectivity index (χ1) is 12.0. The molecule has 0 unspecified atom stereocenters. The molecule has 1 amide bonds. The van der Waals surface area contributed by atoms with Gasteiger partial charge in [0.2, 0.25) is 0 Å². The Labute approximate surface area is 151 Å². The highest BCUT2D eigenvalue weighted by atomic mass is 35.5. The number of carbonyl (C=O) groups is 2. The van der Waals surface area contributed by atoms with Crippen molar-refractivity contribution < 1.29 is 19.1 Å². The van der Waals surface area contributed by atoms with E-state index in [0.29, 0.717) is 22.9 Å². The average molecular weight is 362 g/mol. The van der Waals surface area contributed by atoms with Gasteiger partial charge in [-0.25, -0.2) is 0 Å². The fourth-order valence-electron chi connectivity index (χ4n) is 2.13. The number of carbonyl (C=O) groups excluding carboxylic acids is 2. The second-order valence-electron chi connectivity index (χ2n) is 5.35. The van der Waals surface area contributed by atoms with Crippen LogP contribution in [0.2, 0.25) is 5.02 Å². The van der Waals surface area contributed by atoms with Gasteiger partial charge in [-0.3, -0.25) is 9.59 Å². The summed E-state index contributed by atoms with van der Waals surface area (Å²) in [6, 6.07) is 14.0. The summed E-state index contributed by atoms with van der Waals surface area (Å²) in [5, 5.41) is 3.19. The molecule has 0 radical (unpaired) electrons. The lowest BCUT2D eigenvalue weighted by Gasteiger charge is -2.14. The van der Waals surface area contributed by atoms with Gasteiger partial charge in [-0.15, -0.1) is 0 Å². The summed E-state index contributed by atoms with van der Waals surface area (Å²) in [5.41, 5.74) is 1.26. The minimum atomic E-state index is -0.915. The average Bonchev–Trinajstić information content (AvgIpc) is 2.59. The van der Waals surface area contributed by atoms with Gasteiger partial charge in [-0.05, 0) is 49.7 Å². The molecule has 0 saturated heterocycles. The molecule has 0 aliphatic heterocycles. The van der Waals surface area contributed by atoms with Crippen molar-refractivity contribution in [2.75, 3.05) is 11.9 Å². The minimum Gasteiger partial charge on any atom is -0.494 e.